The second-order valence-corrected chi connectivity index (χ2v) is 6.81. The Morgan fingerprint density at radius 2 is 1.63 bits per heavy atom. The molecule has 1 aliphatic rings. The molecule has 0 N–H and O–H groups in total. The Kier molecular flexibility index (Phi) is 4.88. The Morgan fingerprint density at radius 1 is 0.889 bits per heavy atom. The van der Waals surface area contributed by atoms with Gasteiger partial charge in [0, 0.05) is 13.1 Å². The minimum Gasteiger partial charge on any atom is -0.455 e. The molecule has 0 saturated heterocycles. The number of hydrogen-bond acceptors (Lipinski definition) is 3. The van der Waals surface area contributed by atoms with Gasteiger partial charge in [0.1, 0.15) is 0 Å². The van der Waals surface area contributed by atoms with Crippen LogP contribution in [0, 0.1) is 0 Å². The minimum atomic E-state index is -0.378. The topological polar surface area (TPSA) is 46.6 Å². The summed E-state index contributed by atoms with van der Waals surface area (Å²) < 4.78 is 5.27. The molecule has 0 spiro atoms. The largest absolute Gasteiger partial charge is 0.455 e. The van der Waals surface area contributed by atoms with Crippen molar-refractivity contribution < 1.29 is 14.3 Å². The van der Waals surface area contributed by atoms with Gasteiger partial charge in [-0.3, -0.25) is 9.59 Å². The first-order valence-corrected chi connectivity index (χ1v) is 9.17. The zero-order valence-electron chi connectivity index (χ0n) is 15.1. The van der Waals surface area contributed by atoms with E-state index in [1.165, 1.54) is 11.1 Å². The van der Waals surface area contributed by atoms with Crippen LogP contribution in [0.25, 0.3) is 10.8 Å². The molecule has 0 aliphatic carbocycles. The number of benzene rings is 3. The zero-order chi connectivity index (χ0) is 18.6. The number of fused-ring (bicyclic) bond motifs is 2. The van der Waals surface area contributed by atoms with E-state index >= 15 is 0 Å². The third-order valence-corrected chi connectivity index (χ3v) is 5.05. The van der Waals surface area contributed by atoms with Crippen LogP contribution >= 0.6 is 0 Å². The smallest absolute Gasteiger partial charge is 0.310 e. The molecule has 0 radical (unpaired) electrons. The van der Waals surface area contributed by atoms with Gasteiger partial charge in [-0.15, -0.1) is 0 Å². The molecule has 4 heteroatoms. The third-order valence-electron chi connectivity index (χ3n) is 5.05. The first-order chi connectivity index (χ1) is 13.2. The summed E-state index contributed by atoms with van der Waals surface area (Å²) in [5, 5.41) is 2.13. The van der Waals surface area contributed by atoms with E-state index in [4.69, 9.17) is 4.74 Å². The van der Waals surface area contributed by atoms with Gasteiger partial charge in [0.05, 0.1) is 6.42 Å². The van der Waals surface area contributed by atoms with Crippen LogP contribution in [0.15, 0.2) is 66.7 Å². The van der Waals surface area contributed by atoms with Gasteiger partial charge in [0.25, 0.3) is 5.91 Å². The molecule has 136 valence electrons. The van der Waals surface area contributed by atoms with Crippen molar-refractivity contribution in [3.05, 3.63) is 83.4 Å². The lowest BCUT2D eigenvalue weighted by atomic mass is 10.00. The molecule has 4 rings (SSSR count). The Morgan fingerprint density at radius 3 is 2.52 bits per heavy atom. The van der Waals surface area contributed by atoms with E-state index in [2.05, 4.69) is 6.07 Å². The Labute approximate surface area is 158 Å². The van der Waals surface area contributed by atoms with Gasteiger partial charge >= 0.3 is 5.97 Å². The normalized spacial score (nSPS) is 13.3. The number of nitrogens with zero attached hydrogens (tertiary/aromatic N) is 1. The Balaban J connectivity index is 1.35. The van der Waals surface area contributed by atoms with Gasteiger partial charge in [-0.1, -0.05) is 66.7 Å². The number of ether oxygens (including phenoxy) is 1. The molecule has 1 heterocycles. The average Bonchev–Trinajstić information content (AvgIpc) is 2.72. The summed E-state index contributed by atoms with van der Waals surface area (Å²) >= 11 is 0. The van der Waals surface area contributed by atoms with Crippen LogP contribution < -0.4 is 0 Å². The van der Waals surface area contributed by atoms with Gasteiger partial charge in [0.15, 0.2) is 6.61 Å². The SMILES string of the molecule is O=C(Cc1cccc2ccccc12)OCC(=O)N1CCc2ccccc2C1. The van der Waals surface area contributed by atoms with Crippen LogP contribution in [0.5, 0.6) is 0 Å². The third kappa shape index (κ3) is 3.85. The quantitative estimate of drug-likeness (QED) is 0.670. The van der Waals surface area contributed by atoms with Crippen LogP contribution in [0.4, 0.5) is 0 Å². The maximum Gasteiger partial charge on any atom is 0.310 e. The Hall–Kier alpha value is -3.14. The van der Waals surface area contributed by atoms with Gasteiger partial charge < -0.3 is 9.64 Å². The van der Waals surface area contributed by atoms with Gasteiger partial charge in [-0.25, -0.2) is 0 Å². The van der Waals surface area contributed by atoms with Crippen molar-refractivity contribution >= 4 is 22.6 Å². The molecular weight excluding hydrogens is 338 g/mol. The molecule has 0 fully saturated rings. The van der Waals surface area contributed by atoms with E-state index in [9.17, 15) is 9.59 Å². The van der Waals surface area contributed by atoms with E-state index in [1.807, 2.05) is 60.7 Å². The van der Waals surface area contributed by atoms with E-state index in [-0.39, 0.29) is 24.9 Å². The van der Waals surface area contributed by atoms with Crippen LogP contribution in [-0.2, 0) is 33.7 Å². The summed E-state index contributed by atoms with van der Waals surface area (Å²) in [6.07, 6.45) is 1.00. The van der Waals surface area contributed by atoms with Crippen LogP contribution in [0.1, 0.15) is 16.7 Å². The summed E-state index contributed by atoms with van der Waals surface area (Å²) in [6, 6.07) is 22.0. The highest BCUT2D eigenvalue weighted by molar-refractivity contribution is 5.89. The minimum absolute atomic E-state index is 0.143. The fourth-order valence-corrected chi connectivity index (χ4v) is 3.60. The molecule has 1 aliphatic heterocycles. The summed E-state index contributed by atoms with van der Waals surface area (Å²) in [4.78, 5) is 26.4. The van der Waals surface area contributed by atoms with Crippen molar-refractivity contribution in [1.29, 1.82) is 0 Å². The highest BCUT2D eigenvalue weighted by atomic mass is 16.5. The lowest BCUT2D eigenvalue weighted by molar-refractivity contribution is -0.151. The molecule has 0 aromatic heterocycles. The molecule has 0 atom stereocenters. The maximum atomic E-state index is 12.4. The van der Waals surface area contributed by atoms with Gasteiger partial charge in [-0.05, 0) is 33.9 Å². The predicted octanol–water partition coefficient (Wildman–Crippen LogP) is 3.51. The van der Waals surface area contributed by atoms with Crippen molar-refractivity contribution in [2.75, 3.05) is 13.2 Å². The molecule has 0 unspecified atom stereocenters. The fourth-order valence-electron chi connectivity index (χ4n) is 3.60. The highest BCUT2D eigenvalue weighted by Crippen LogP contribution is 2.20. The number of rotatable bonds is 4. The number of carbonyl (C=O) groups is 2. The number of carbonyl (C=O) groups excluding carboxylic acids is 2. The molecule has 0 saturated carbocycles. The van der Waals surface area contributed by atoms with E-state index in [0.29, 0.717) is 13.1 Å². The van der Waals surface area contributed by atoms with E-state index in [0.717, 1.165) is 22.8 Å². The van der Waals surface area contributed by atoms with Crippen LogP contribution in [0.3, 0.4) is 0 Å². The molecular formula is C23H21NO3. The number of esters is 1. The first-order valence-electron chi connectivity index (χ1n) is 9.17. The molecule has 27 heavy (non-hydrogen) atoms. The fraction of sp³-hybridized carbons (Fsp3) is 0.217. The second-order valence-electron chi connectivity index (χ2n) is 6.81. The molecule has 1 amide bonds. The van der Waals surface area contributed by atoms with E-state index < -0.39 is 0 Å². The predicted molar refractivity (Wildman–Crippen MR) is 104 cm³/mol. The highest BCUT2D eigenvalue weighted by Gasteiger charge is 2.21. The summed E-state index contributed by atoms with van der Waals surface area (Å²) in [5.41, 5.74) is 3.37. The van der Waals surface area contributed by atoms with Gasteiger partial charge in [0.2, 0.25) is 0 Å². The summed E-state index contributed by atoms with van der Waals surface area (Å²) in [5.74, 6) is -0.520. The first kappa shape index (κ1) is 17.3. The molecule has 3 aromatic rings. The van der Waals surface area contributed by atoms with Crippen molar-refractivity contribution in [3.63, 3.8) is 0 Å². The summed E-state index contributed by atoms with van der Waals surface area (Å²) in [6.45, 7) is 1.04. The number of amides is 1. The molecule has 3 aromatic carbocycles. The van der Waals surface area contributed by atoms with Crippen molar-refractivity contribution in [1.82, 2.24) is 4.90 Å². The monoisotopic (exact) mass is 359 g/mol. The standard InChI is InChI=1S/C23H21NO3/c25-22(24-13-12-17-6-1-2-8-20(17)15-24)16-27-23(26)14-19-10-5-9-18-7-3-4-11-21(18)19/h1-11H,12-16H2. The van der Waals surface area contributed by atoms with Crippen molar-refractivity contribution in [2.45, 2.75) is 19.4 Å². The van der Waals surface area contributed by atoms with Crippen LogP contribution in [0.2, 0.25) is 0 Å². The van der Waals surface area contributed by atoms with E-state index in [1.54, 1.807) is 4.90 Å². The lowest BCUT2D eigenvalue weighted by Gasteiger charge is -2.28. The Bertz CT molecular complexity index is 990. The van der Waals surface area contributed by atoms with Crippen molar-refractivity contribution in [2.24, 2.45) is 0 Å². The molecule has 0 bridgehead atoms. The number of hydrogen-bond donors (Lipinski definition) is 0. The average molecular weight is 359 g/mol. The molecule has 4 nitrogen and oxygen atoms in total. The lowest BCUT2D eigenvalue weighted by Crippen LogP contribution is -2.38. The maximum absolute atomic E-state index is 12.4. The van der Waals surface area contributed by atoms with Gasteiger partial charge in [-0.2, -0.15) is 0 Å². The second kappa shape index (κ2) is 7.62. The van der Waals surface area contributed by atoms with Crippen molar-refractivity contribution in [3.8, 4) is 0 Å². The van der Waals surface area contributed by atoms with Crippen LogP contribution in [-0.4, -0.2) is 29.9 Å². The zero-order valence-corrected chi connectivity index (χ0v) is 15.1. The summed E-state index contributed by atoms with van der Waals surface area (Å²) in [7, 11) is 0.